The zero-order valence-electron chi connectivity index (χ0n) is 33.9. The molecule has 12 heteroatoms. The van der Waals surface area contributed by atoms with Gasteiger partial charge in [-0.1, -0.05) is 59.3 Å². The van der Waals surface area contributed by atoms with Gasteiger partial charge in [-0.15, -0.1) is 0 Å². The zero-order chi connectivity index (χ0) is 40.2. The lowest BCUT2D eigenvalue weighted by Crippen LogP contribution is -2.66. The van der Waals surface area contributed by atoms with Crippen LogP contribution in [0.25, 0.3) is 0 Å². The number of ether oxygens (including phenoxy) is 3. The van der Waals surface area contributed by atoms with Gasteiger partial charge in [-0.05, 0) is 103 Å². The number of allylic oxidation sites excluding steroid dienone is 3. The second kappa shape index (κ2) is 14.9. The van der Waals surface area contributed by atoms with Crippen molar-refractivity contribution in [1.82, 2.24) is 0 Å². The molecule has 3 unspecified atom stereocenters. The van der Waals surface area contributed by atoms with Gasteiger partial charge in [-0.25, -0.2) is 0 Å². The lowest BCUT2D eigenvalue weighted by molar-refractivity contribution is -0.339. The van der Waals surface area contributed by atoms with Gasteiger partial charge in [-0.3, -0.25) is 0 Å². The van der Waals surface area contributed by atoms with Crippen LogP contribution in [0.3, 0.4) is 0 Å². The molecule has 0 spiro atoms. The summed E-state index contributed by atoms with van der Waals surface area (Å²) in [4.78, 5) is 0. The molecule has 1 saturated heterocycles. The molecule has 0 aromatic rings. The molecule has 5 fully saturated rings. The molecule has 0 amide bonds. The molecule has 6 aliphatic carbocycles. The Labute approximate surface area is 326 Å². The average Bonchev–Trinajstić information content (AvgIpc) is 3.14. The van der Waals surface area contributed by atoms with Gasteiger partial charge in [0.05, 0.1) is 37.1 Å². The summed E-state index contributed by atoms with van der Waals surface area (Å²) < 4.78 is 18.8. The summed E-state index contributed by atoms with van der Waals surface area (Å²) in [5.41, 5.74) is 1.70. The Morgan fingerprint density at radius 1 is 0.764 bits per heavy atom. The molecular formula is C43H70O12. The Morgan fingerprint density at radius 3 is 2.09 bits per heavy atom. The second-order valence-corrected chi connectivity index (χ2v) is 20.6. The van der Waals surface area contributed by atoms with E-state index < -0.39 is 85.3 Å². The Bertz CT molecular complexity index is 1470. The van der Waals surface area contributed by atoms with E-state index >= 15 is 0 Å². The Hall–Kier alpha value is -1.00. The van der Waals surface area contributed by atoms with Crippen LogP contribution in [0.2, 0.25) is 0 Å². The SMILES string of the molecule is C[C@@H]1C2C(=C3CC(C)(C)C[C@@H](CO)C3[C@@H]1O)C=C[C@H]1[C@@]2(C)CCC2[C@]1(C)CC[C@H](O[C@@H]1O[C@H](C)[C@@H](O)[C@H](O[C@H]3C[C@@H](CO)[C@H](O)[C@@H](O)[C@H]3O)[C@H]1O)[C@@]2(C)CO. The molecule has 0 aromatic heterocycles. The molecule has 1 heterocycles. The van der Waals surface area contributed by atoms with E-state index in [9.17, 15) is 46.0 Å². The first-order chi connectivity index (χ1) is 25.8. The second-order valence-electron chi connectivity index (χ2n) is 20.6. The zero-order valence-corrected chi connectivity index (χ0v) is 33.9. The largest absolute Gasteiger partial charge is 0.396 e. The molecule has 314 valence electrons. The van der Waals surface area contributed by atoms with Crippen molar-refractivity contribution in [3.63, 3.8) is 0 Å². The molecular weight excluding hydrogens is 708 g/mol. The fraction of sp³-hybridized carbons (Fsp3) is 0.907. The standard InChI is InChI=1S/C43H70O12/c1-20-31-24(25-16-40(3,4)15-23(18-45)30(25)32(20)47)8-9-27-41(5)13-11-29(43(7,19-46)28(41)10-12-42(27,31)6)55-39-37(52)38(33(48)21(2)53-39)54-26-14-22(17-44)34(49)36(51)35(26)50/h8-9,20-23,26-39,44-52H,10-19H2,1-7H3/t20-,21-,22+,23+,26+,27-,28?,29+,30?,31?,32-,33-,34+,35+,36-,37-,38+,39+,41-,42-,43+/m1/s1. The summed E-state index contributed by atoms with van der Waals surface area (Å²) >= 11 is 0. The monoisotopic (exact) mass is 778 g/mol. The van der Waals surface area contributed by atoms with Crippen LogP contribution in [-0.4, -0.2) is 133 Å². The van der Waals surface area contributed by atoms with Crippen LogP contribution in [0, 0.1) is 63.1 Å². The third-order valence-electron chi connectivity index (χ3n) is 16.7. The smallest absolute Gasteiger partial charge is 0.186 e. The van der Waals surface area contributed by atoms with Crippen LogP contribution in [0.15, 0.2) is 23.3 Å². The van der Waals surface area contributed by atoms with Crippen molar-refractivity contribution >= 4 is 0 Å². The number of hydrogen-bond acceptors (Lipinski definition) is 12. The van der Waals surface area contributed by atoms with Gasteiger partial charge in [0.15, 0.2) is 6.29 Å². The summed E-state index contributed by atoms with van der Waals surface area (Å²) in [6.45, 7) is 14.7. The predicted octanol–water partition coefficient (Wildman–Crippen LogP) is 2.06. The average molecular weight is 779 g/mol. The molecule has 21 atom stereocenters. The van der Waals surface area contributed by atoms with E-state index in [2.05, 4.69) is 53.7 Å². The van der Waals surface area contributed by atoms with Crippen molar-refractivity contribution in [3.8, 4) is 0 Å². The van der Waals surface area contributed by atoms with Gasteiger partial charge in [0.1, 0.15) is 30.5 Å². The van der Waals surface area contributed by atoms with Crippen LogP contribution in [0.4, 0.5) is 0 Å². The topological polar surface area (TPSA) is 210 Å². The molecule has 0 radical (unpaired) electrons. The van der Waals surface area contributed by atoms with E-state index in [-0.39, 0.29) is 71.4 Å². The lowest BCUT2D eigenvalue weighted by Gasteiger charge is -2.68. The minimum absolute atomic E-state index is 0.00549. The molecule has 0 bridgehead atoms. The van der Waals surface area contributed by atoms with Gasteiger partial charge >= 0.3 is 0 Å². The van der Waals surface area contributed by atoms with Gasteiger partial charge in [0.25, 0.3) is 0 Å². The highest BCUT2D eigenvalue weighted by Crippen LogP contribution is 2.71. The first-order valence-electron chi connectivity index (χ1n) is 21.1. The molecule has 9 N–H and O–H groups in total. The highest BCUT2D eigenvalue weighted by molar-refractivity contribution is 5.42. The number of aliphatic hydroxyl groups is 9. The summed E-state index contributed by atoms with van der Waals surface area (Å²) in [6.07, 6.45) is -2.85. The molecule has 0 aromatic carbocycles. The maximum Gasteiger partial charge on any atom is 0.186 e. The molecule has 1 aliphatic heterocycles. The van der Waals surface area contributed by atoms with Crippen LogP contribution in [0.5, 0.6) is 0 Å². The summed E-state index contributed by atoms with van der Waals surface area (Å²) in [7, 11) is 0. The van der Waals surface area contributed by atoms with E-state index in [1.807, 2.05) is 0 Å². The fourth-order valence-electron chi connectivity index (χ4n) is 13.9. The maximum absolute atomic E-state index is 12.0. The molecule has 7 rings (SSSR count). The summed E-state index contributed by atoms with van der Waals surface area (Å²) in [5, 5.41) is 97.7. The minimum atomic E-state index is -1.57. The molecule has 7 aliphatic rings. The van der Waals surface area contributed by atoms with Crippen molar-refractivity contribution in [2.45, 2.75) is 161 Å². The first-order valence-corrected chi connectivity index (χ1v) is 21.1. The quantitative estimate of drug-likeness (QED) is 0.170. The van der Waals surface area contributed by atoms with Gasteiger partial charge in [-0.2, -0.15) is 0 Å². The van der Waals surface area contributed by atoms with E-state index in [0.717, 1.165) is 32.1 Å². The number of fused-ring (bicyclic) bond motifs is 6. The van der Waals surface area contributed by atoms with Crippen LogP contribution in [-0.2, 0) is 14.2 Å². The minimum Gasteiger partial charge on any atom is -0.396 e. The van der Waals surface area contributed by atoms with Crippen molar-refractivity contribution in [2.75, 3.05) is 19.8 Å². The fourth-order valence-corrected chi connectivity index (χ4v) is 13.9. The van der Waals surface area contributed by atoms with Crippen molar-refractivity contribution in [1.29, 1.82) is 0 Å². The number of aliphatic hydroxyl groups excluding tert-OH is 9. The molecule has 4 saturated carbocycles. The molecule has 55 heavy (non-hydrogen) atoms. The van der Waals surface area contributed by atoms with Gasteiger partial charge in [0.2, 0.25) is 0 Å². The molecule has 12 nitrogen and oxygen atoms in total. The van der Waals surface area contributed by atoms with E-state index in [4.69, 9.17) is 14.2 Å². The van der Waals surface area contributed by atoms with E-state index in [1.54, 1.807) is 6.92 Å². The van der Waals surface area contributed by atoms with Crippen molar-refractivity contribution < 1.29 is 60.2 Å². The Morgan fingerprint density at radius 2 is 1.44 bits per heavy atom. The highest BCUT2D eigenvalue weighted by Gasteiger charge is 2.66. The van der Waals surface area contributed by atoms with Crippen LogP contribution >= 0.6 is 0 Å². The predicted molar refractivity (Wildman–Crippen MR) is 202 cm³/mol. The summed E-state index contributed by atoms with van der Waals surface area (Å²) in [5.74, 6) is -0.325. The number of rotatable bonds is 7. The van der Waals surface area contributed by atoms with Crippen LogP contribution in [0.1, 0.15) is 93.4 Å². The van der Waals surface area contributed by atoms with Crippen molar-refractivity contribution in [2.24, 2.45) is 63.1 Å². The Balaban J connectivity index is 1.14. The first kappa shape index (κ1) is 42.1. The maximum atomic E-state index is 12.0. The lowest BCUT2D eigenvalue weighted by atomic mass is 9.38. The van der Waals surface area contributed by atoms with Crippen LogP contribution < -0.4 is 0 Å². The summed E-state index contributed by atoms with van der Waals surface area (Å²) in [6, 6.07) is 0. The third-order valence-corrected chi connectivity index (χ3v) is 16.7. The highest BCUT2D eigenvalue weighted by atomic mass is 16.7. The number of hydrogen-bond donors (Lipinski definition) is 9. The van der Waals surface area contributed by atoms with Crippen molar-refractivity contribution in [3.05, 3.63) is 23.3 Å². The normalized spacial score (nSPS) is 54.9. The Kier molecular flexibility index (Phi) is 11.4. The van der Waals surface area contributed by atoms with Gasteiger partial charge < -0.3 is 60.2 Å². The third kappa shape index (κ3) is 6.56. The van der Waals surface area contributed by atoms with E-state index in [0.29, 0.717) is 6.42 Å². The van der Waals surface area contributed by atoms with E-state index in [1.165, 1.54) is 11.1 Å². The van der Waals surface area contributed by atoms with Gasteiger partial charge in [0, 0.05) is 30.5 Å².